The first-order valence-corrected chi connectivity index (χ1v) is 7.55. The Kier molecular flexibility index (Phi) is 5.84. The Morgan fingerprint density at radius 3 is 2.09 bits per heavy atom. The molecule has 0 heterocycles. The zero-order valence-corrected chi connectivity index (χ0v) is 13.7. The molecular formula is C16H14Cl2N2O3. The Bertz CT molecular complexity index is 718. The second-order valence-corrected chi connectivity index (χ2v) is 5.34. The third-order valence-electron chi connectivity index (χ3n) is 2.89. The molecule has 0 fully saturated rings. The lowest BCUT2D eigenvalue weighted by Crippen LogP contribution is -2.41. The van der Waals surface area contributed by atoms with Gasteiger partial charge in [0.25, 0.3) is 11.8 Å². The molecule has 0 radical (unpaired) electrons. The summed E-state index contributed by atoms with van der Waals surface area (Å²) in [5.41, 5.74) is 5.31. The van der Waals surface area contributed by atoms with Crippen molar-refractivity contribution in [2.45, 2.75) is 6.92 Å². The first kappa shape index (κ1) is 17.1. The van der Waals surface area contributed by atoms with Crippen LogP contribution in [0.4, 0.5) is 0 Å². The summed E-state index contributed by atoms with van der Waals surface area (Å²) in [6.45, 7) is 2.31. The maximum atomic E-state index is 12.0. The molecule has 0 spiro atoms. The van der Waals surface area contributed by atoms with E-state index in [1.165, 1.54) is 6.07 Å². The summed E-state index contributed by atoms with van der Waals surface area (Å²) in [5.74, 6) is -0.444. The second-order valence-electron chi connectivity index (χ2n) is 4.49. The molecule has 23 heavy (non-hydrogen) atoms. The Hall–Kier alpha value is -2.24. The fourth-order valence-corrected chi connectivity index (χ4v) is 2.13. The summed E-state index contributed by atoms with van der Waals surface area (Å²) in [6.07, 6.45) is 0. The van der Waals surface area contributed by atoms with Crippen LogP contribution in [0.15, 0.2) is 42.5 Å². The standard InChI is InChI=1S/C16H14Cl2N2O3/c1-2-23-14-8-5-11(9-13(14)18)16(22)20-19-15(21)10-3-6-12(17)7-4-10/h3-9H,2H2,1H3,(H,19,21)(H,20,22). The van der Waals surface area contributed by atoms with Crippen LogP contribution >= 0.6 is 23.2 Å². The van der Waals surface area contributed by atoms with Gasteiger partial charge in [0.2, 0.25) is 0 Å². The number of hydrogen-bond donors (Lipinski definition) is 2. The van der Waals surface area contributed by atoms with Crippen molar-refractivity contribution in [2.75, 3.05) is 6.61 Å². The quantitative estimate of drug-likeness (QED) is 0.828. The molecule has 0 unspecified atom stereocenters. The zero-order chi connectivity index (χ0) is 16.8. The van der Waals surface area contributed by atoms with Crippen LogP contribution in [0, 0.1) is 0 Å². The second kappa shape index (κ2) is 7.85. The minimum Gasteiger partial charge on any atom is -0.492 e. The monoisotopic (exact) mass is 352 g/mol. The maximum Gasteiger partial charge on any atom is 0.269 e. The van der Waals surface area contributed by atoms with E-state index in [0.29, 0.717) is 33.5 Å². The largest absolute Gasteiger partial charge is 0.492 e. The molecule has 0 aliphatic carbocycles. The first-order chi connectivity index (χ1) is 11.0. The smallest absolute Gasteiger partial charge is 0.269 e. The molecule has 2 N–H and O–H groups in total. The molecule has 0 aliphatic heterocycles. The predicted molar refractivity (Wildman–Crippen MR) is 89.0 cm³/mol. The third kappa shape index (κ3) is 4.61. The van der Waals surface area contributed by atoms with Gasteiger partial charge in [-0.1, -0.05) is 23.2 Å². The number of nitrogens with one attached hydrogen (secondary N) is 2. The van der Waals surface area contributed by atoms with Gasteiger partial charge < -0.3 is 4.74 Å². The zero-order valence-electron chi connectivity index (χ0n) is 12.2. The molecule has 7 heteroatoms. The van der Waals surface area contributed by atoms with E-state index < -0.39 is 11.8 Å². The molecule has 0 atom stereocenters. The van der Waals surface area contributed by atoms with E-state index >= 15 is 0 Å². The number of carbonyl (C=O) groups is 2. The van der Waals surface area contributed by atoms with Crippen LogP contribution in [0.1, 0.15) is 27.6 Å². The van der Waals surface area contributed by atoms with Crippen LogP contribution in [0.3, 0.4) is 0 Å². The number of carbonyl (C=O) groups excluding carboxylic acids is 2. The molecule has 0 bridgehead atoms. The molecule has 2 amide bonds. The van der Waals surface area contributed by atoms with E-state index in [0.717, 1.165) is 0 Å². The van der Waals surface area contributed by atoms with Gasteiger partial charge in [0.05, 0.1) is 11.6 Å². The molecular weight excluding hydrogens is 339 g/mol. The summed E-state index contributed by atoms with van der Waals surface area (Å²) >= 11 is 11.8. The van der Waals surface area contributed by atoms with Crippen molar-refractivity contribution in [3.63, 3.8) is 0 Å². The molecule has 0 aromatic heterocycles. The van der Waals surface area contributed by atoms with E-state index in [1.54, 1.807) is 36.4 Å². The lowest BCUT2D eigenvalue weighted by molar-refractivity contribution is 0.0846. The van der Waals surface area contributed by atoms with Gasteiger partial charge in [-0.2, -0.15) is 0 Å². The summed E-state index contributed by atoms with van der Waals surface area (Å²) in [4.78, 5) is 23.9. The van der Waals surface area contributed by atoms with E-state index in [1.807, 2.05) is 6.92 Å². The highest BCUT2D eigenvalue weighted by atomic mass is 35.5. The van der Waals surface area contributed by atoms with Crippen LogP contribution in [0.5, 0.6) is 5.75 Å². The van der Waals surface area contributed by atoms with Crippen molar-refractivity contribution in [1.82, 2.24) is 10.9 Å². The van der Waals surface area contributed by atoms with E-state index in [-0.39, 0.29) is 0 Å². The van der Waals surface area contributed by atoms with Gasteiger partial charge in [-0.05, 0) is 49.4 Å². The minimum atomic E-state index is -0.489. The van der Waals surface area contributed by atoms with Crippen molar-refractivity contribution in [1.29, 1.82) is 0 Å². The first-order valence-electron chi connectivity index (χ1n) is 6.80. The highest BCUT2D eigenvalue weighted by Crippen LogP contribution is 2.25. The molecule has 2 rings (SSSR count). The van der Waals surface area contributed by atoms with Crippen molar-refractivity contribution >= 4 is 35.0 Å². The van der Waals surface area contributed by atoms with Crippen molar-refractivity contribution < 1.29 is 14.3 Å². The van der Waals surface area contributed by atoms with Crippen LogP contribution in [-0.2, 0) is 0 Å². The number of hydrazine groups is 1. The average Bonchev–Trinajstić information content (AvgIpc) is 2.55. The number of ether oxygens (including phenoxy) is 1. The van der Waals surface area contributed by atoms with Gasteiger partial charge in [-0.3, -0.25) is 20.4 Å². The van der Waals surface area contributed by atoms with E-state index in [9.17, 15) is 9.59 Å². The van der Waals surface area contributed by atoms with Gasteiger partial charge in [0, 0.05) is 16.1 Å². The summed E-state index contributed by atoms with van der Waals surface area (Å²) < 4.78 is 5.29. The Morgan fingerprint density at radius 1 is 0.957 bits per heavy atom. The fourth-order valence-electron chi connectivity index (χ4n) is 1.77. The third-order valence-corrected chi connectivity index (χ3v) is 3.44. The number of benzene rings is 2. The Balaban J connectivity index is 1.98. The Labute approximate surface area is 143 Å². The highest BCUT2D eigenvalue weighted by Gasteiger charge is 2.11. The molecule has 2 aromatic carbocycles. The maximum absolute atomic E-state index is 12.0. The number of amides is 2. The predicted octanol–water partition coefficient (Wildman–Crippen LogP) is 3.47. The van der Waals surface area contributed by atoms with Gasteiger partial charge >= 0.3 is 0 Å². The minimum absolute atomic E-state index is 0.301. The fraction of sp³-hybridized carbons (Fsp3) is 0.125. The molecule has 120 valence electrons. The lowest BCUT2D eigenvalue weighted by atomic mass is 10.2. The van der Waals surface area contributed by atoms with Crippen molar-refractivity contribution in [3.8, 4) is 5.75 Å². The molecule has 2 aromatic rings. The van der Waals surface area contributed by atoms with Gasteiger partial charge in [-0.15, -0.1) is 0 Å². The van der Waals surface area contributed by atoms with Gasteiger partial charge in [-0.25, -0.2) is 0 Å². The van der Waals surface area contributed by atoms with Crippen LogP contribution in [0.2, 0.25) is 10.0 Å². The number of hydrogen-bond acceptors (Lipinski definition) is 3. The highest BCUT2D eigenvalue weighted by molar-refractivity contribution is 6.32. The number of halogens is 2. The molecule has 0 saturated carbocycles. The summed E-state index contributed by atoms with van der Waals surface area (Å²) in [5, 5.41) is 0.846. The summed E-state index contributed by atoms with van der Waals surface area (Å²) in [6, 6.07) is 10.9. The van der Waals surface area contributed by atoms with Crippen LogP contribution in [0.25, 0.3) is 0 Å². The molecule has 0 saturated heterocycles. The molecule has 5 nitrogen and oxygen atoms in total. The normalized spacial score (nSPS) is 10.0. The van der Waals surface area contributed by atoms with Crippen LogP contribution in [-0.4, -0.2) is 18.4 Å². The van der Waals surface area contributed by atoms with Crippen LogP contribution < -0.4 is 15.6 Å². The van der Waals surface area contributed by atoms with E-state index in [4.69, 9.17) is 27.9 Å². The average molecular weight is 353 g/mol. The van der Waals surface area contributed by atoms with Gasteiger partial charge in [0.15, 0.2) is 0 Å². The molecule has 0 aliphatic rings. The summed E-state index contributed by atoms with van der Waals surface area (Å²) in [7, 11) is 0. The van der Waals surface area contributed by atoms with E-state index in [2.05, 4.69) is 10.9 Å². The van der Waals surface area contributed by atoms with Crippen molar-refractivity contribution in [2.24, 2.45) is 0 Å². The van der Waals surface area contributed by atoms with Gasteiger partial charge in [0.1, 0.15) is 5.75 Å². The lowest BCUT2D eigenvalue weighted by Gasteiger charge is -2.09. The SMILES string of the molecule is CCOc1ccc(C(=O)NNC(=O)c2ccc(Cl)cc2)cc1Cl. The number of rotatable bonds is 4. The Morgan fingerprint density at radius 2 is 1.52 bits per heavy atom. The van der Waals surface area contributed by atoms with Crippen molar-refractivity contribution in [3.05, 3.63) is 63.6 Å². The topological polar surface area (TPSA) is 67.4 Å².